The third-order valence-corrected chi connectivity index (χ3v) is 4.30. The van der Waals surface area contributed by atoms with Gasteiger partial charge in [-0.25, -0.2) is 9.42 Å². The smallest absolute Gasteiger partial charge is 0.317 e. The second-order valence-electron chi connectivity index (χ2n) is 6.18. The number of likely N-dealkylation sites (tertiary alicyclic amines) is 1. The zero-order chi connectivity index (χ0) is 16.7. The van der Waals surface area contributed by atoms with E-state index in [1.807, 2.05) is 36.7 Å². The van der Waals surface area contributed by atoms with Crippen LogP contribution in [0.4, 0.5) is 4.79 Å². The summed E-state index contributed by atoms with van der Waals surface area (Å²) in [7, 11) is 0. The average molecular weight is 326 g/mol. The van der Waals surface area contributed by atoms with E-state index < -0.39 is 0 Å². The molecule has 124 valence electrons. The minimum absolute atomic E-state index is 0.0637. The summed E-state index contributed by atoms with van der Waals surface area (Å²) in [6.07, 6.45) is 0. The van der Waals surface area contributed by atoms with Gasteiger partial charge in [-0.3, -0.25) is 4.68 Å². The number of fused-ring (bicyclic) bond motifs is 1. The lowest BCUT2D eigenvalue weighted by atomic mass is 10.1. The van der Waals surface area contributed by atoms with Crippen molar-refractivity contribution in [2.24, 2.45) is 0 Å². The van der Waals surface area contributed by atoms with Crippen molar-refractivity contribution in [2.75, 3.05) is 13.1 Å². The van der Waals surface area contributed by atoms with Crippen molar-refractivity contribution in [3.63, 3.8) is 0 Å². The maximum Gasteiger partial charge on any atom is 0.317 e. The molecule has 0 aliphatic carbocycles. The number of carbonyl (C=O) groups is 1. The predicted molar refractivity (Wildman–Crippen MR) is 86.4 cm³/mol. The molecule has 8 nitrogen and oxygen atoms in total. The van der Waals surface area contributed by atoms with Crippen LogP contribution in [0.25, 0.3) is 11.0 Å². The quantitative estimate of drug-likeness (QED) is 0.793. The molecule has 1 saturated heterocycles. The molecule has 2 amide bonds. The molecule has 1 aliphatic rings. The van der Waals surface area contributed by atoms with Crippen LogP contribution in [0.3, 0.4) is 0 Å². The van der Waals surface area contributed by atoms with E-state index in [2.05, 4.69) is 31.4 Å². The van der Waals surface area contributed by atoms with E-state index in [0.717, 1.165) is 17.0 Å². The highest BCUT2D eigenvalue weighted by atomic mass is 16.6. The molecule has 24 heavy (non-hydrogen) atoms. The first-order chi connectivity index (χ1) is 11.6. The summed E-state index contributed by atoms with van der Waals surface area (Å²) in [5.41, 5.74) is 4.50. The van der Waals surface area contributed by atoms with E-state index in [9.17, 15) is 4.79 Å². The summed E-state index contributed by atoms with van der Waals surface area (Å²) in [6.45, 7) is 5.83. The van der Waals surface area contributed by atoms with Crippen molar-refractivity contribution in [2.45, 2.75) is 26.4 Å². The summed E-state index contributed by atoms with van der Waals surface area (Å²) in [6, 6.07) is 7.85. The van der Waals surface area contributed by atoms with E-state index in [1.54, 1.807) is 4.90 Å². The van der Waals surface area contributed by atoms with Gasteiger partial charge in [-0.1, -0.05) is 6.07 Å². The SMILES string of the molecule is Cc1cc(C)n(C2CN(C(=O)NCc3ccc4nonc4c3)C2)n1. The molecule has 0 atom stereocenters. The molecule has 3 heterocycles. The highest BCUT2D eigenvalue weighted by molar-refractivity contribution is 5.76. The highest BCUT2D eigenvalue weighted by Gasteiger charge is 2.33. The standard InChI is InChI=1S/C16H18N6O2/c1-10-5-11(2)22(18-10)13-8-21(9-13)16(23)17-7-12-3-4-14-15(6-12)20-24-19-14/h3-6,13H,7-9H2,1-2H3,(H,17,23). The molecule has 0 saturated carbocycles. The Balaban J connectivity index is 1.32. The minimum Gasteiger partial charge on any atom is -0.334 e. The topological polar surface area (TPSA) is 89.1 Å². The van der Waals surface area contributed by atoms with Crippen LogP contribution in [-0.2, 0) is 6.54 Å². The Morgan fingerprint density at radius 3 is 2.79 bits per heavy atom. The number of urea groups is 1. The molecule has 0 spiro atoms. The molecule has 0 unspecified atom stereocenters. The largest absolute Gasteiger partial charge is 0.334 e. The van der Waals surface area contributed by atoms with Gasteiger partial charge >= 0.3 is 6.03 Å². The van der Waals surface area contributed by atoms with Crippen molar-refractivity contribution in [3.05, 3.63) is 41.2 Å². The number of hydrogen-bond donors (Lipinski definition) is 1. The molecule has 1 fully saturated rings. The first-order valence-corrected chi connectivity index (χ1v) is 7.87. The molecular formula is C16H18N6O2. The number of benzene rings is 1. The van der Waals surface area contributed by atoms with Gasteiger partial charge in [-0.05, 0) is 47.9 Å². The Hall–Kier alpha value is -2.90. The van der Waals surface area contributed by atoms with Gasteiger partial charge in [0.1, 0.15) is 11.0 Å². The van der Waals surface area contributed by atoms with Crippen molar-refractivity contribution < 1.29 is 9.42 Å². The van der Waals surface area contributed by atoms with E-state index >= 15 is 0 Å². The Labute approximate surface area is 138 Å². The van der Waals surface area contributed by atoms with Crippen LogP contribution in [0.15, 0.2) is 28.9 Å². The molecular weight excluding hydrogens is 308 g/mol. The number of nitrogens with zero attached hydrogens (tertiary/aromatic N) is 5. The van der Waals surface area contributed by atoms with Crippen LogP contribution in [0.1, 0.15) is 23.0 Å². The van der Waals surface area contributed by atoms with Gasteiger partial charge in [0.25, 0.3) is 0 Å². The van der Waals surface area contributed by atoms with E-state index in [0.29, 0.717) is 30.7 Å². The van der Waals surface area contributed by atoms with Crippen LogP contribution in [0, 0.1) is 13.8 Å². The maximum atomic E-state index is 12.2. The van der Waals surface area contributed by atoms with Crippen LogP contribution in [-0.4, -0.2) is 44.1 Å². The van der Waals surface area contributed by atoms with Crippen molar-refractivity contribution >= 4 is 17.1 Å². The van der Waals surface area contributed by atoms with Crippen LogP contribution in [0.5, 0.6) is 0 Å². The average Bonchev–Trinajstić information content (AvgIpc) is 3.09. The number of aromatic nitrogens is 4. The summed E-state index contributed by atoms with van der Waals surface area (Å²) in [5, 5.41) is 15.0. The number of nitrogens with one attached hydrogen (secondary N) is 1. The molecule has 8 heteroatoms. The van der Waals surface area contributed by atoms with Gasteiger partial charge in [0.2, 0.25) is 0 Å². The predicted octanol–water partition coefficient (Wildman–Crippen LogP) is 1.80. The van der Waals surface area contributed by atoms with Gasteiger partial charge in [-0.15, -0.1) is 0 Å². The molecule has 1 N–H and O–H groups in total. The number of amides is 2. The second kappa shape index (κ2) is 5.63. The lowest BCUT2D eigenvalue weighted by Crippen LogP contribution is -2.54. The Kier molecular flexibility index (Phi) is 3.44. The van der Waals surface area contributed by atoms with Gasteiger partial charge in [0.05, 0.1) is 11.7 Å². The molecule has 0 radical (unpaired) electrons. The Bertz CT molecular complexity index is 893. The van der Waals surface area contributed by atoms with Crippen LogP contribution in [0.2, 0.25) is 0 Å². The number of carbonyl (C=O) groups excluding carboxylic acids is 1. The first kappa shape index (κ1) is 14.7. The van der Waals surface area contributed by atoms with Crippen molar-refractivity contribution in [3.8, 4) is 0 Å². The zero-order valence-corrected chi connectivity index (χ0v) is 13.6. The summed E-state index contributed by atoms with van der Waals surface area (Å²) in [5.74, 6) is 0. The molecule has 4 rings (SSSR count). The third-order valence-electron chi connectivity index (χ3n) is 4.30. The van der Waals surface area contributed by atoms with Crippen LogP contribution < -0.4 is 5.32 Å². The Morgan fingerprint density at radius 1 is 1.25 bits per heavy atom. The zero-order valence-electron chi connectivity index (χ0n) is 13.6. The van der Waals surface area contributed by atoms with Gasteiger partial charge in [0.15, 0.2) is 0 Å². The summed E-state index contributed by atoms with van der Waals surface area (Å²) >= 11 is 0. The lowest BCUT2D eigenvalue weighted by Gasteiger charge is -2.39. The monoisotopic (exact) mass is 326 g/mol. The minimum atomic E-state index is -0.0637. The highest BCUT2D eigenvalue weighted by Crippen LogP contribution is 2.22. The van der Waals surface area contributed by atoms with Crippen molar-refractivity contribution in [1.29, 1.82) is 0 Å². The van der Waals surface area contributed by atoms with E-state index in [4.69, 9.17) is 0 Å². The number of aryl methyl sites for hydroxylation is 2. The maximum absolute atomic E-state index is 12.2. The fourth-order valence-electron chi connectivity index (χ4n) is 3.02. The van der Waals surface area contributed by atoms with Gasteiger partial charge < -0.3 is 10.2 Å². The van der Waals surface area contributed by atoms with E-state index in [-0.39, 0.29) is 12.1 Å². The Morgan fingerprint density at radius 2 is 2.04 bits per heavy atom. The fourth-order valence-corrected chi connectivity index (χ4v) is 3.02. The summed E-state index contributed by atoms with van der Waals surface area (Å²) < 4.78 is 6.68. The lowest BCUT2D eigenvalue weighted by molar-refractivity contribution is 0.117. The van der Waals surface area contributed by atoms with Gasteiger partial charge in [0, 0.05) is 25.3 Å². The molecule has 2 aromatic heterocycles. The molecule has 1 aliphatic heterocycles. The fraction of sp³-hybridized carbons (Fsp3) is 0.375. The second-order valence-corrected chi connectivity index (χ2v) is 6.18. The molecule has 0 bridgehead atoms. The first-order valence-electron chi connectivity index (χ1n) is 7.87. The van der Waals surface area contributed by atoms with Crippen LogP contribution >= 0.6 is 0 Å². The number of hydrogen-bond acceptors (Lipinski definition) is 5. The number of rotatable bonds is 3. The van der Waals surface area contributed by atoms with Crippen molar-refractivity contribution in [1.82, 2.24) is 30.3 Å². The summed E-state index contributed by atoms with van der Waals surface area (Å²) in [4.78, 5) is 14.0. The normalized spacial score (nSPS) is 14.8. The van der Waals surface area contributed by atoms with Gasteiger partial charge in [-0.2, -0.15) is 5.10 Å². The molecule has 3 aromatic rings. The molecule has 1 aromatic carbocycles. The third kappa shape index (κ3) is 2.60. The van der Waals surface area contributed by atoms with E-state index in [1.165, 1.54) is 0 Å².